The standard InChI is InChI=1S/CH4O3S.Ca.2H/c1-5(2,3)4;;;/h1H3,(H,2,3,4);;;/q;+2;2*-1. The quantitative estimate of drug-likeness (QED) is 0.357. The first kappa shape index (κ1) is 10.2. The topological polar surface area (TPSA) is 54.4 Å². The van der Waals surface area contributed by atoms with Crippen LogP contribution in [0.3, 0.4) is 0 Å². The van der Waals surface area contributed by atoms with Gasteiger partial charge in [0.05, 0.1) is 6.26 Å². The van der Waals surface area contributed by atoms with Crippen molar-refractivity contribution in [3.63, 3.8) is 0 Å². The van der Waals surface area contributed by atoms with E-state index in [2.05, 4.69) is 0 Å². The second kappa shape index (κ2) is 3.21. The van der Waals surface area contributed by atoms with Crippen LogP contribution in [0.5, 0.6) is 0 Å². The molecule has 0 aromatic heterocycles. The van der Waals surface area contributed by atoms with Crippen LogP contribution in [0.25, 0.3) is 0 Å². The smallest absolute Gasteiger partial charge is 1.00 e. The van der Waals surface area contributed by atoms with Crippen molar-refractivity contribution in [1.82, 2.24) is 0 Å². The maximum atomic E-state index is 9.19. The molecule has 0 aliphatic heterocycles. The second-order valence-electron chi connectivity index (χ2n) is 0.733. The van der Waals surface area contributed by atoms with Crippen LogP contribution in [-0.4, -0.2) is 57.0 Å². The fraction of sp³-hybridized carbons (Fsp3) is 1.00. The number of hydrogen-bond donors (Lipinski definition) is 1. The number of rotatable bonds is 0. The summed E-state index contributed by atoms with van der Waals surface area (Å²) in [5, 5.41) is 0. The molecular weight excluding hydrogens is 132 g/mol. The van der Waals surface area contributed by atoms with Crippen molar-refractivity contribution in [2.24, 2.45) is 0 Å². The van der Waals surface area contributed by atoms with E-state index in [-0.39, 0.29) is 40.6 Å². The van der Waals surface area contributed by atoms with E-state index in [4.69, 9.17) is 4.55 Å². The summed E-state index contributed by atoms with van der Waals surface area (Å²) in [6.07, 6.45) is 0.715. The second-order valence-corrected chi connectivity index (χ2v) is 2.20. The first-order valence-electron chi connectivity index (χ1n) is 0.924. The zero-order chi connectivity index (χ0) is 4.50. The van der Waals surface area contributed by atoms with Crippen LogP contribution in [0.15, 0.2) is 0 Å². The molecule has 6 heavy (non-hydrogen) atoms. The first-order chi connectivity index (χ1) is 2.00. The largest absolute Gasteiger partial charge is 2.00 e. The molecule has 0 heterocycles. The van der Waals surface area contributed by atoms with Crippen molar-refractivity contribution in [3.8, 4) is 0 Å². The summed E-state index contributed by atoms with van der Waals surface area (Å²) in [6, 6.07) is 0. The molecule has 5 heteroatoms. The van der Waals surface area contributed by atoms with E-state index in [1.807, 2.05) is 0 Å². The van der Waals surface area contributed by atoms with Gasteiger partial charge in [-0.15, -0.1) is 0 Å². The maximum Gasteiger partial charge on any atom is 2.00 e. The molecule has 0 aromatic rings. The van der Waals surface area contributed by atoms with E-state index < -0.39 is 10.1 Å². The molecule has 0 unspecified atom stereocenters. The van der Waals surface area contributed by atoms with Crippen LogP contribution in [0.4, 0.5) is 0 Å². The van der Waals surface area contributed by atoms with Crippen LogP contribution >= 0.6 is 0 Å². The van der Waals surface area contributed by atoms with E-state index in [0.29, 0.717) is 6.26 Å². The Hall–Kier alpha value is 1.17. The molecule has 0 amide bonds. The Morgan fingerprint density at radius 1 is 1.67 bits per heavy atom. The van der Waals surface area contributed by atoms with Gasteiger partial charge in [0.15, 0.2) is 0 Å². The van der Waals surface area contributed by atoms with Crippen molar-refractivity contribution >= 4 is 47.9 Å². The minimum Gasteiger partial charge on any atom is -1.00 e. The Morgan fingerprint density at radius 3 is 1.67 bits per heavy atom. The first-order valence-corrected chi connectivity index (χ1v) is 2.77. The Kier molecular flexibility index (Phi) is 5.46. The summed E-state index contributed by atoms with van der Waals surface area (Å²) in [5.74, 6) is 0. The molecule has 0 aliphatic rings. The molecule has 0 saturated heterocycles. The fourth-order valence-corrected chi connectivity index (χ4v) is 0. The molecule has 0 aromatic carbocycles. The molecule has 36 valence electrons. The minimum absolute atomic E-state index is 0. The van der Waals surface area contributed by atoms with Gasteiger partial charge in [-0.05, 0) is 0 Å². The molecule has 1 N–H and O–H groups in total. The molecule has 0 fully saturated rings. The van der Waals surface area contributed by atoms with Crippen molar-refractivity contribution in [2.75, 3.05) is 6.26 Å². The third-order valence-electron chi connectivity index (χ3n) is 0. The van der Waals surface area contributed by atoms with Gasteiger partial charge in [-0.2, -0.15) is 8.42 Å². The Balaban J connectivity index is -0.0000000267. The molecule has 0 bridgehead atoms. The van der Waals surface area contributed by atoms with Gasteiger partial charge in [-0.3, -0.25) is 4.55 Å². The molecule has 0 spiro atoms. The van der Waals surface area contributed by atoms with Gasteiger partial charge >= 0.3 is 37.7 Å². The summed E-state index contributed by atoms with van der Waals surface area (Å²) in [4.78, 5) is 0. The number of hydrogen-bond acceptors (Lipinski definition) is 2. The molecular formula is CH6CaO3S. The average Bonchev–Trinajstić information content (AvgIpc) is 0.722. The van der Waals surface area contributed by atoms with Crippen LogP contribution in [0, 0.1) is 0 Å². The molecule has 0 radical (unpaired) electrons. The summed E-state index contributed by atoms with van der Waals surface area (Å²) >= 11 is 0. The SMILES string of the molecule is CS(=O)(=O)O.[Ca+2].[H-].[H-]. The van der Waals surface area contributed by atoms with E-state index in [9.17, 15) is 8.42 Å². The van der Waals surface area contributed by atoms with Crippen molar-refractivity contribution < 1.29 is 15.8 Å². The molecule has 3 nitrogen and oxygen atoms in total. The normalized spacial score (nSPS) is 9.67. The summed E-state index contributed by atoms with van der Waals surface area (Å²) in [7, 11) is -3.67. The molecule has 0 aliphatic carbocycles. The zero-order valence-corrected chi connectivity index (χ0v) is 6.40. The van der Waals surface area contributed by atoms with E-state index in [0.717, 1.165) is 0 Å². The Bertz CT molecular complexity index is 100. The summed E-state index contributed by atoms with van der Waals surface area (Å²) < 4.78 is 25.9. The predicted molar refractivity (Wildman–Crippen MR) is 25.5 cm³/mol. The summed E-state index contributed by atoms with van der Waals surface area (Å²) in [6.45, 7) is 0. The van der Waals surface area contributed by atoms with Crippen LogP contribution < -0.4 is 0 Å². The van der Waals surface area contributed by atoms with Gasteiger partial charge in [0, 0.05) is 0 Å². The van der Waals surface area contributed by atoms with E-state index in [1.165, 1.54) is 0 Å². The van der Waals surface area contributed by atoms with Gasteiger partial charge in [-0.25, -0.2) is 0 Å². The van der Waals surface area contributed by atoms with Gasteiger partial charge in [0.1, 0.15) is 0 Å². The summed E-state index contributed by atoms with van der Waals surface area (Å²) in [5.41, 5.74) is 0. The Labute approximate surface area is 69.5 Å². The van der Waals surface area contributed by atoms with Crippen LogP contribution in [0.1, 0.15) is 2.85 Å². The van der Waals surface area contributed by atoms with Crippen molar-refractivity contribution in [3.05, 3.63) is 0 Å². The third kappa shape index (κ3) is 65.7. The Morgan fingerprint density at radius 2 is 1.67 bits per heavy atom. The average molecular weight is 138 g/mol. The monoisotopic (exact) mass is 138 g/mol. The van der Waals surface area contributed by atoms with Gasteiger partial charge in [0.25, 0.3) is 10.1 Å². The third-order valence-corrected chi connectivity index (χ3v) is 0. The van der Waals surface area contributed by atoms with Crippen LogP contribution in [-0.2, 0) is 10.1 Å². The van der Waals surface area contributed by atoms with E-state index in [1.54, 1.807) is 0 Å². The maximum absolute atomic E-state index is 9.19. The van der Waals surface area contributed by atoms with Crippen LogP contribution in [0.2, 0.25) is 0 Å². The molecule has 0 rings (SSSR count). The van der Waals surface area contributed by atoms with E-state index >= 15 is 0 Å². The fourth-order valence-electron chi connectivity index (χ4n) is 0. The van der Waals surface area contributed by atoms with Gasteiger partial charge in [0.2, 0.25) is 0 Å². The molecule has 0 saturated carbocycles. The zero-order valence-electron chi connectivity index (χ0n) is 5.38. The van der Waals surface area contributed by atoms with Crippen molar-refractivity contribution in [2.45, 2.75) is 0 Å². The predicted octanol–water partition coefficient (Wildman–Crippen LogP) is -0.652. The van der Waals surface area contributed by atoms with Crippen molar-refractivity contribution in [1.29, 1.82) is 0 Å². The molecule has 0 atom stereocenters. The minimum atomic E-state index is -3.67. The van der Waals surface area contributed by atoms with Gasteiger partial charge < -0.3 is 2.85 Å². The van der Waals surface area contributed by atoms with Gasteiger partial charge in [-0.1, -0.05) is 0 Å².